The number of benzene rings is 2. The lowest BCUT2D eigenvalue weighted by molar-refractivity contribution is 0.0592. The molecular weight excluding hydrogens is 372 g/mol. The van der Waals surface area contributed by atoms with E-state index in [4.69, 9.17) is 9.47 Å². The summed E-state index contributed by atoms with van der Waals surface area (Å²) in [7, 11) is 2.68. The van der Waals surface area contributed by atoms with E-state index in [-0.39, 0.29) is 0 Å². The van der Waals surface area contributed by atoms with Gasteiger partial charge >= 0.3 is 11.9 Å². The summed E-state index contributed by atoms with van der Waals surface area (Å²) in [5, 5.41) is 6.27. The summed E-state index contributed by atoms with van der Waals surface area (Å²) < 4.78 is 9.44. The predicted molar refractivity (Wildman–Crippen MR) is 109 cm³/mol. The van der Waals surface area contributed by atoms with E-state index in [0.717, 1.165) is 11.4 Å². The van der Waals surface area contributed by atoms with Crippen LogP contribution in [-0.4, -0.2) is 36.1 Å². The maximum atomic E-state index is 11.7. The molecule has 3 aromatic rings. The molecule has 2 aromatic carbocycles. The number of nitrogens with one attached hydrogen (secondary N) is 2. The van der Waals surface area contributed by atoms with Crippen LogP contribution in [0.5, 0.6) is 0 Å². The number of hydrogen-bond acceptors (Lipinski definition) is 8. The van der Waals surface area contributed by atoms with Gasteiger partial charge in [-0.25, -0.2) is 14.6 Å². The first-order valence-electron chi connectivity index (χ1n) is 8.75. The van der Waals surface area contributed by atoms with Gasteiger partial charge in [0.25, 0.3) is 0 Å². The number of esters is 2. The van der Waals surface area contributed by atoms with Crippen LogP contribution in [0.25, 0.3) is 0 Å². The molecule has 148 valence electrons. The fraction of sp³-hybridized carbons (Fsp3) is 0.143. The second kappa shape index (κ2) is 8.83. The van der Waals surface area contributed by atoms with Gasteiger partial charge in [-0.3, -0.25) is 0 Å². The molecule has 0 fully saturated rings. The molecule has 0 aliphatic rings. The summed E-state index contributed by atoms with van der Waals surface area (Å²) in [5.41, 5.74) is 3.06. The Bertz CT molecular complexity index is 1040. The Kier molecular flexibility index (Phi) is 6.03. The molecule has 0 atom stereocenters. The second-order valence-corrected chi connectivity index (χ2v) is 6.11. The minimum Gasteiger partial charge on any atom is -0.465 e. The smallest absolute Gasteiger partial charge is 0.337 e. The molecular formula is C21H20N4O4. The SMILES string of the molecule is COC(=O)c1ccc(Nc2nc(C)cc(Nc3cccc(C(=O)OC)c3)n2)cc1. The van der Waals surface area contributed by atoms with Gasteiger partial charge in [0, 0.05) is 23.1 Å². The third kappa shape index (κ3) is 5.07. The van der Waals surface area contributed by atoms with Crippen molar-refractivity contribution in [3.63, 3.8) is 0 Å². The molecule has 0 radical (unpaired) electrons. The zero-order valence-electron chi connectivity index (χ0n) is 16.2. The van der Waals surface area contributed by atoms with Gasteiger partial charge < -0.3 is 20.1 Å². The number of rotatable bonds is 6. The van der Waals surface area contributed by atoms with E-state index in [9.17, 15) is 9.59 Å². The Morgan fingerprint density at radius 2 is 1.48 bits per heavy atom. The molecule has 0 unspecified atom stereocenters. The first-order chi connectivity index (χ1) is 14.0. The molecule has 0 saturated carbocycles. The van der Waals surface area contributed by atoms with Crippen LogP contribution in [-0.2, 0) is 9.47 Å². The summed E-state index contributed by atoms with van der Waals surface area (Å²) in [5.74, 6) is 0.143. The quantitative estimate of drug-likeness (QED) is 0.610. The highest BCUT2D eigenvalue weighted by molar-refractivity contribution is 5.91. The number of aryl methyl sites for hydroxylation is 1. The van der Waals surface area contributed by atoms with E-state index in [1.165, 1.54) is 14.2 Å². The molecule has 1 heterocycles. The Morgan fingerprint density at radius 3 is 2.17 bits per heavy atom. The summed E-state index contributed by atoms with van der Waals surface area (Å²) in [6, 6.07) is 15.5. The zero-order valence-corrected chi connectivity index (χ0v) is 16.2. The normalized spacial score (nSPS) is 10.2. The van der Waals surface area contributed by atoms with Crippen molar-refractivity contribution in [3.05, 3.63) is 71.4 Å². The summed E-state index contributed by atoms with van der Waals surface area (Å²) in [4.78, 5) is 32.1. The molecule has 0 bridgehead atoms. The highest BCUT2D eigenvalue weighted by atomic mass is 16.5. The van der Waals surface area contributed by atoms with Crippen molar-refractivity contribution in [1.82, 2.24) is 9.97 Å². The summed E-state index contributed by atoms with van der Waals surface area (Å²) >= 11 is 0. The molecule has 0 aliphatic heterocycles. The van der Waals surface area contributed by atoms with Crippen molar-refractivity contribution in [2.45, 2.75) is 6.92 Å². The largest absolute Gasteiger partial charge is 0.465 e. The molecule has 0 amide bonds. The lowest BCUT2D eigenvalue weighted by Gasteiger charge is -2.11. The lowest BCUT2D eigenvalue weighted by atomic mass is 10.2. The van der Waals surface area contributed by atoms with Gasteiger partial charge in [0.05, 0.1) is 25.3 Å². The predicted octanol–water partition coefficient (Wildman–Crippen LogP) is 3.85. The summed E-state index contributed by atoms with van der Waals surface area (Å²) in [6.45, 7) is 1.85. The zero-order chi connectivity index (χ0) is 20.8. The van der Waals surface area contributed by atoms with Gasteiger partial charge in [-0.15, -0.1) is 0 Å². The first-order valence-corrected chi connectivity index (χ1v) is 8.75. The van der Waals surface area contributed by atoms with E-state index >= 15 is 0 Å². The molecule has 29 heavy (non-hydrogen) atoms. The van der Waals surface area contributed by atoms with Crippen molar-refractivity contribution < 1.29 is 19.1 Å². The lowest BCUT2D eigenvalue weighted by Crippen LogP contribution is -2.04. The Hall–Kier alpha value is -3.94. The number of nitrogens with zero attached hydrogens (tertiary/aromatic N) is 2. The number of methoxy groups -OCH3 is 2. The Labute approximate surface area is 167 Å². The van der Waals surface area contributed by atoms with Gasteiger partial charge in [0.15, 0.2) is 0 Å². The fourth-order valence-electron chi connectivity index (χ4n) is 2.61. The Balaban J connectivity index is 1.78. The maximum Gasteiger partial charge on any atom is 0.337 e. The van der Waals surface area contributed by atoms with Crippen molar-refractivity contribution >= 4 is 35.1 Å². The van der Waals surface area contributed by atoms with Gasteiger partial charge in [-0.05, 0) is 49.4 Å². The number of ether oxygens (including phenoxy) is 2. The maximum absolute atomic E-state index is 11.7. The average molecular weight is 392 g/mol. The van der Waals surface area contributed by atoms with Crippen LogP contribution in [0.4, 0.5) is 23.1 Å². The standard InChI is InChI=1S/C21H20N4O4/c1-13-11-18(23-17-6-4-5-15(12-17)20(27)29-3)25-21(22-13)24-16-9-7-14(8-10-16)19(26)28-2/h4-12H,1-3H3,(H2,22,23,24,25). The molecule has 0 saturated heterocycles. The van der Waals surface area contributed by atoms with E-state index in [2.05, 4.69) is 20.6 Å². The number of hydrogen-bond donors (Lipinski definition) is 2. The van der Waals surface area contributed by atoms with E-state index < -0.39 is 11.9 Å². The van der Waals surface area contributed by atoms with E-state index in [0.29, 0.717) is 28.6 Å². The van der Waals surface area contributed by atoms with E-state index in [1.807, 2.05) is 13.0 Å². The van der Waals surface area contributed by atoms with Gasteiger partial charge in [-0.2, -0.15) is 4.98 Å². The van der Waals surface area contributed by atoms with Crippen LogP contribution in [0.3, 0.4) is 0 Å². The number of carbonyl (C=O) groups is 2. The van der Waals surface area contributed by atoms with E-state index in [1.54, 1.807) is 48.5 Å². The molecule has 2 N–H and O–H groups in total. The average Bonchev–Trinajstić information content (AvgIpc) is 2.73. The third-order valence-corrected chi connectivity index (χ3v) is 3.97. The number of anilines is 4. The number of aromatic nitrogens is 2. The minimum atomic E-state index is -0.412. The summed E-state index contributed by atoms with van der Waals surface area (Å²) in [6.07, 6.45) is 0. The Morgan fingerprint density at radius 1 is 0.793 bits per heavy atom. The van der Waals surface area contributed by atoms with Gasteiger partial charge in [-0.1, -0.05) is 6.07 Å². The van der Waals surface area contributed by atoms with Gasteiger partial charge in [0.1, 0.15) is 5.82 Å². The van der Waals surface area contributed by atoms with Crippen LogP contribution in [0.2, 0.25) is 0 Å². The van der Waals surface area contributed by atoms with Crippen LogP contribution < -0.4 is 10.6 Å². The number of carbonyl (C=O) groups excluding carboxylic acids is 2. The van der Waals surface area contributed by atoms with Crippen molar-refractivity contribution in [3.8, 4) is 0 Å². The molecule has 1 aromatic heterocycles. The second-order valence-electron chi connectivity index (χ2n) is 6.11. The van der Waals surface area contributed by atoms with Crippen LogP contribution >= 0.6 is 0 Å². The first kappa shape index (κ1) is 19.8. The highest BCUT2D eigenvalue weighted by Gasteiger charge is 2.09. The van der Waals surface area contributed by atoms with Crippen molar-refractivity contribution in [2.24, 2.45) is 0 Å². The topological polar surface area (TPSA) is 102 Å². The van der Waals surface area contributed by atoms with Gasteiger partial charge in [0.2, 0.25) is 5.95 Å². The minimum absolute atomic E-state index is 0.391. The molecule has 8 heteroatoms. The molecule has 0 spiro atoms. The molecule has 3 rings (SSSR count). The van der Waals surface area contributed by atoms with Crippen LogP contribution in [0.1, 0.15) is 26.4 Å². The van der Waals surface area contributed by atoms with Crippen molar-refractivity contribution in [2.75, 3.05) is 24.9 Å². The molecule has 0 aliphatic carbocycles. The highest BCUT2D eigenvalue weighted by Crippen LogP contribution is 2.20. The van der Waals surface area contributed by atoms with Crippen LogP contribution in [0, 0.1) is 6.92 Å². The van der Waals surface area contributed by atoms with Crippen LogP contribution in [0.15, 0.2) is 54.6 Å². The molecule has 8 nitrogen and oxygen atoms in total. The monoisotopic (exact) mass is 392 g/mol. The fourth-order valence-corrected chi connectivity index (χ4v) is 2.61. The van der Waals surface area contributed by atoms with Crippen molar-refractivity contribution in [1.29, 1.82) is 0 Å². The third-order valence-electron chi connectivity index (χ3n) is 3.97.